The zero-order valence-corrected chi connectivity index (χ0v) is 20.0. The molecule has 33 heavy (non-hydrogen) atoms. The first-order valence-corrected chi connectivity index (χ1v) is 12.3. The number of nitrogens with zero attached hydrogens (tertiary/aromatic N) is 1. The summed E-state index contributed by atoms with van der Waals surface area (Å²) < 4.78 is 0. The zero-order valence-electron chi connectivity index (χ0n) is 20.0. The summed E-state index contributed by atoms with van der Waals surface area (Å²) in [4.78, 5) is 16.3. The molecule has 0 amide bonds. The van der Waals surface area contributed by atoms with E-state index < -0.39 is 0 Å². The van der Waals surface area contributed by atoms with Crippen LogP contribution in [0, 0.1) is 0 Å². The average Bonchev–Trinajstić information content (AvgIpc) is 2.83. The molecule has 0 radical (unpaired) electrons. The fourth-order valence-electron chi connectivity index (χ4n) is 6.36. The summed E-state index contributed by atoms with van der Waals surface area (Å²) in [5.74, 6) is 0.580. The van der Waals surface area contributed by atoms with E-state index in [9.17, 15) is 4.79 Å². The normalized spacial score (nSPS) is 20.0. The monoisotopic (exact) mass is 438 g/mol. The minimum Gasteiger partial charge on any atom is -0.399 e. The summed E-state index contributed by atoms with van der Waals surface area (Å²) >= 11 is 0. The minimum absolute atomic E-state index is 0.147. The van der Waals surface area contributed by atoms with Crippen molar-refractivity contribution in [2.45, 2.75) is 56.9 Å². The van der Waals surface area contributed by atoms with E-state index in [-0.39, 0.29) is 11.7 Å². The van der Waals surface area contributed by atoms with Crippen LogP contribution >= 0.6 is 0 Å². The summed E-state index contributed by atoms with van der Waals surface area (Å²) in [6.45, 7) is 2.29. The van der Waals surface area contributed by atoms with Gasteiger partial charge in [-0.3, -0.25) is 4.79 Å². The first-order valence-electron chi connectivity index (χ1n) is 12.3. The van der Waals surface area contributed by atoms with E-state index in [4.69, 9.17) is 5.73 Å². The maximum absolute atomic E-state index is 13.9. The van der Waals surface area contributed by atoms with Gasteiger partial charge in [0.25, 0.3) is 0 Å². The SMILES string of the molecule is CCC(C1CCCc2c1ccc1c2C(C(=O)c2ccc(N)cc2)Cc2ccccc2-1)N(C)C. The second kappa shape index (κ2) is 8.79. The Bertz CT molecular complexity index is 1180. The van der Waals surface area contributed by atoms with Crippen molar-refractivity contribution in [2.75, 3.05) is 19.8 Å². The Morgan fingerprint density at radius 3 is 2.52 bits per heavy atom. The molecule has 170 valence electrons. The number of carbonyl (C=O) groups is 1. The van der Waals surface area contributed by atoms with E-state index in [1.807, 2.05) is 24.3 Å². The average molecular weight is 439 g/mol. The second-order valence-corrected chi connectivity index (χ2v) is 9.93. The van der Waals surface area contributed by atoms with E-state index in [0.29, 0.717) is 17.6 Å². The number of rotatable bonds is 5. The van der Waals surface area contributed by atoms with Gasteiger partial charge in [0.05, 0.1) is 5.92 Å². The summed E-state index contributed by atoms with van der Waals surface area (Å²) in [5, 5.41) is 0. The highest BCUT2D eigenvalue weighted by molar-refractivity contribution is 6.03. The molecule has 3 heteroatoms. The number of Topliss-reactive ketones (excluding diaryl/α,β-unsaturated/α-hetero) is 1. The molecule has 0 heterocycles. The van der Waals surface area contributed by atoms with Crippen molar-refractivity contribution in [3.8, 4) is 11.1 Å². The number of nitrogen functional groups attached to an aromatic ring is 1. The number of anilines is 1. The Balaban J connectivity index is 1.68. The second-order valence-electron chi connectivity index (χ2n) is 9.93. The van der Waals surface area contributed by atoms with Gasteiger partial charge in [0, 0.05) is 17.3 Å². The van der Waals surface area contributed by atoms with Crippen LogP contribution in [0.25, 0.3) is 11.1 Å². The lowest BCUT2D eigenvalue weighted by Gasteiger charge is -2.39. The molecule has 2 aliphatic carbocycles. The predicted molar refractivity (Wildman–Crippen MR) is 137 cm³/mol. The van der Waals surface area contributed by atoms with Crippen molar-refractivity contribution in [2.24, 2.45) is 0 Å². The van der Waals surface area contributed by atoms with E-state index in [1.165, 1.54) is 46.2 Å². The highest BCUT2D eigenvalue weighted by atomic mass is 16.1. The number of nitrogens with two attached hydrogens (primary N) is 1. The van der Waals surface area contributed by atoms with Crippen LogP contribution < -0.4 is 5.73 Å². The van der Waals surface area contributed by atoms with Gasteiger partial charge in [-0.25, -0.2) is 0 Å². The van der Waals surface area contributed by atoms with Crippen LogP contribution in [0.1, 0.15) is 70.6 Å². The number of hydrogen-bond donors (Lipinski definition) is 1. The largest absolute Gasteiger partial charge is 0.399 e. The summed E-state index contributed by atoms with van der Waals surface area (Å²) in [6.07, 6.45) is 5.36. The van der Waals surface area contributed by atoms with E-state index in [2.05, 4.69) is 62.3 Å². The lowest BCUT2D eigenvalue weighted by Crippen LogP contribution is -2.36. The number of hydrogen-bond acceptors (Lipinski definition) is 3. The molecule has 3 aromatic carbocycles. The molecule has 2 aliphatic rings. The van der Waals surface area contributed by atoms with Crippen LogP contribution in [0.5, 0.6) is 0 Å². The lowest BCUT2D eigenvalue weighted by molar-refractivity contribution is 0.0958. The van der Waals surface area contributed by atoms with Gasteiger partial charge in [-0.15, -0.1) is 0 Å². The predicted octanol–water partition coefficient (Wildman–Crippen LogP) is 6.22. The molecule has 5 rings (SSSR count). The van der Waals surface area contributed by atoms with Crippen LogP contribution in [0.15, 0.2) is 60.7 Å². The number of ketones is 1. The van der Waals surface area contributed by atoms with E-state index >= 15 is 0 Å². The molecule has 3 unspecified atom stereocenters. The summed E-state index contributed by atoms with van der Waals surface area (Å²) in [6, 6.07) is 21.2. The fourth-order valence-corrected chi connectivity index (χ4v) is 6.36. The maximum Gasteiger partial charge on any atom is 0.170 e. The van der Waals surface area contributed by atoms with Crippen molar-refractivity contribution in [1.82, 2.24) is 4.90 Å². The molecule has 3 atom stereocenters. The molecule has 0 fully saturated rings. The van der Waals surface area contributed by atoms with Gasteiger partial charge in [0.15, 0.2) is 5.78 Å². The van der Waals surface area contributed by atoms with Crippen LogP contribution in [-0.4, -0.2) is 30.8 Å². The van der Waals surface area contributed by atoms with Gasteiger partial charge in [-0.2, -0.15) is 0 Å². The van der Waals surface area contributed by atoms with Crippen LogP contribution in [0.3, 0.4) is 0 Å². The van der Waals surface area contributed by atoms with Gasteiger partial charge in [-0.05, 0) is 110 Å². The van der Waals surface area contributed by atoms with Crippen molar-refractivity contribution >= 4 is 11.5 Å². The van der Waals surface area contributed by atoms with Gasteiger partial charge in [0.2, 0.25) is 0 Å². The highest BCUT2D eigenvalue weighted by Crippen LogP contribution is 2.48. The van der Waals surface area contributed by atoms with Crippen LogP contribution in [0.2, 0.25) is 0 Å². The fraction of sp³-hybridized carbons (Fsp3) is 0.367. The van der Waals surface area contributed by atoms with Crippen molar-refractivity contribution < 1.29 is 4.79 Å². The lowest BCUT2D eigenvalue weighted by atomic mass is 9.68. The molecule has 0 bridgehead atoms. The third-order valence-electron chi connectivity index (χ3n) is 7.87. The molecular formula is C30H34N2O. The number of benzene rings is 3. The Kier molecular flexibility index (Phi) is 5.84. The smallest absolute Gasteiger partial charge is 0.170 e. The minimum atomic E-state index is -0.147. The Labute approximate surface area is 197 Å². The van der Waals surface area contributed by atoms with Crippen LogP contribution in [0.4, 0.5) is 5.69 Å². The van der Waals surface area contributed by atoms with Crippen molar-refractivity contribution in [1.29, 1.82) is 0 Å². The quantitative estimate of drug-likeness (QED) is 0.380. The Morgan fingerprint density at radius 2 is 1.79 bits per heavy atom. The van der Waals surface area contributed by atoms with E-state index in [0.717, 1.165) is 24.8 Å². The molecule has 3 aromatic rings. The highest BCUT2D eigenvalue weighted by Gasteiger charge is 2.36. The first kappa shape index (κ1) is 21.9. The van der Waals surface area contributed by atoms with Gasteiger partial charge in [-0.1, -0.05) is 43.3 Å². The summed E-state index contributed by atoms with van der Waals surface area (Å²) in [5.41, 5.74) is 15.3. The zero-order chi connectivity index (χ0) is 23.1. The molecule has 0 saturated heterocycles. The standard InChI is InChI=1S/C30H34N2O/c1-4-28(32(2)3)24-10-7-11-25-23(24)16-17-26-22-9-6-5-8-20(22)18-27(29(25)26)30(33)19-12-14-21(31)15-13-19/h5-6,8-9,12-17,24,27-28H,4,7,10-11,18,31H2,1-3H3. The van der Waals surface area contributed by atoms with Gasteiger partial charge in [0.1, 0.15) is 0 Å². The van der Waals surface area contributed by atoms with Crippen molar-refractivity contribution in [3.05, 3.63) is 88.5 Å². The maximum atomic E-state index is 13.9. The third kappa shape index (κ3) is 3.79. The molecule has 2 N–H and O–H groups in total. The summed E-state index contributed by atoms with van der Waals surface area (Å²) in [7, 11) is 4.40. The van der Waals surface area contributed by atoms with Gasteiger partial charge >= 0.3 is 0 Å². The molecule has 0 saturated carbocycles. The number of fused-ring (bicyclic) bond motifs is 5. The number of likely N-dealkylation sites (N-methyl/N-ethyl adjacent to an activating group) is 1. The third-order valence-corrected chi connectivity index (χ3v) is 7.87. The molecule has 3 nitrogen and oxygen atoms in total. The Hall–Kier alpha value is -2.91. The molecule has 0 spiro atoms. The van der Waals surface area contributed by atoms with Gasteiger partial charge < -0.3 is 10.6 Å². The molecule has 0 aromatic heterocycles. The molecule has 0 aliphatic heterocycles. The van der Waals surface area contributed by atoms with Crippen molar-refractivity contribution in [3.63, 3.8) is 0 Å². The molecular weight excluding hydrogens is 404 g/mol. The van der Waals surface area contributed by atoms with E-state index in [1.54, 1.807) is 0 Å². The first-order chi connectivity index (χ1) is 16.0. The Morgan fingerprint density at radius 1 is 1.03 bits per heavy atom. The topological polar surface area (TPSA) is 46.3 Å². The van der Waals surface area contributed by atoms with Crippen LogP contribution in [-0.2, 0) is 12.8 Å². The number of carbonyl (C=O) groups excluding carboxylic acids is 1.